The first-order valence-corrected chi connectivity index (χ1v) is 6.18. The molecule has 4 heteroatoms. The lowest BCUT2D eigenvalue weighted by Gasteiger charge is -2.23. The van der Waals surface area contributed by atoms with Crippen LogP contribution < -0.4 is 11.0 Å². The lowest BCUT2D eigenvalue weighted by atomic mass is 10.1. The molecule has 1 atom stereocenters. The van der Waals surface area contributed by atoms with Gasteiger partial charge in [-0.2, -0.15) is 0 Å². The van der Waals surface area contributed by atoms with E-state index in [-0.39, 0.29) is 11.7 Å². The van der Waals surface area contributed by atoms with E-state index in [1.54, 1.807) is 0 Å². The highest BCUT2D eigenvalue weighted by molar-refractivity contribution is 5.78. The fourth-order valence-corrected chi connectivity index (χ4v) is 2.71. The van der Waals surface area contributed by atoms with Gasteiger partial charge in [0, 0.05) is 6.54 Å². The second-order valence-corrected chi connectivity index (χ2v) is 4.77. The predicted molar refractivity (Wildman–Crippen MR) is 68.4 cm³/mol. The van der Waals surface area contributed by atoms with Gasteiger partial charge in [-0.15, -0.1) is 0 Å². The maximum Gasteiger partial charge on any atom is 0.326 e. The standard InChI is InChI=1S/C13H17N3O/c1-9-4-2-6-11-12(9)15-13(17)16(11)10-5-3-7-14-8-10/h2,4,6,10,14H,3,5,7-8H2,1H3,(H,15,17). The molecule has 2 heterocycles. The predicted octanol–water partition coefficient (Wildman–Crippen LogP) is 1.56. The summed E-state index contributed by atoms with van der Waals surface area (Å²) in [5.74, 6) is 0. The number of aromatic nitrogens is 2. The molecule has 0 spiro atoms. The molecule has 0 aliphatic carbocycles. The first kappa shape index (κ1) is 10.6. The molecule has 17 heavy (non-hydrogen) atoms. The topological polar surface area (TPSA) is 49.8 Å². The molecule has 1 aromatic heterocycles. The monoisotopic (exact) mass is 231 g/mol. The van der Waals surface area contributed by atoms with E-state index in [1.807, 2.05) is 29.7 Å². The molecule has 1 aromatic carbocycles. The van der Waals surface area contributed by atoms with Crippen LogP contribution >= 0.6 is 0 Å². The molecule has 1 unspecified atom stereocenters. The summed E-state index contributed by atoms with van der Waals surface area (Å²) >= 11 is 0. The first-order valence-electron chi connectivity index (χ1n) is 6.18. The second kappa shape index (κ2) is 4.04. The van der Waals surface area contributed by atoms with Crippen molar-refractivity contribution >= 4 is 11.0 Å². The van der Waals surface area contributed by atoms with Crippen molar-refractivity contribution in [3.05, 3.63) is 34.2 Å². The van der Waals surface area contributed by atoms with Crippen molar-refractivity contribution in [3.8, 4) is 0 Å². The Kier molecular flexibility index (Phi) is 2.52. The van der Waals surface area contributed by atoms with Gasteiger partial charge in [-0.1, -0.05) is 12.1 Å². The van der Waals surface area contributed by atoms with Gasteiger partial charge in [0.25, 0.3) is 0 Å². The average Bonchev–Trinajstić information content (AvgIpc) is 2.68. The summed E-state index contributed by atoms with van der Waals surface area (Å²) in [6, 6.07) is 6.35. The van der Waals surface area contributed by atoms with E-state index in [1.165, 1.54) is 0 Å². The van der Waals surface area contributed by atoms with Crippen LogP contribution in [0.1, 0.15) is 24.4 Å². The molecule has 90 valence electrons. The number of nitrogens with one attached hydrogen (secondary N) is 2. The number of hydrogen-bond acceptors (Lipinski definition) is 2. The van der Waals surface area contributed by atoms with Crippen LogP contribution in [-0.2, 0) is 0 Å². The third kappa shape index (κ3) is 1.69. The number of imidazole rings is 1. The molecule has 3 rings (SSSR count). The van der Waals surface area contributed by atoms with Crippen molar-refractivity contribution in [1.29, 1.82) is 0 Å². The van der Waals surface area contributed by atoms with Gasteiger partial charge in [0.05, 0.1) is 17.1 Å². The Balaban J connectivity index is 2.18. The quantitative estimate of drug-likeness (QED) is 0.782. The van der Waals surface area contributed by atoms with Gasteiger partial charge in [0.2, 0.25) is 0 Å². The normalized spacial score (nSPS) is 20.9. The minimum Gasteiger partial charge on any atom is -0.315 e. The number of aryl methyl sites for hydroxylation is 1. The van der Waals surface area contributed by atoms with Crippen LogP contribution in [0.15, 0.2) is 23.0 Å². The van der Waals surface area contributed by atoms with Gasteiger partial charge in [-0.05, 0) is 37.9 Å². The largest absolute Gasteiger partial charge is 0.326 e. The summed E-state index contributed by atoms with van der Waals surface area (Å²) in [6.07, 6.45) is 2.21. The molecule has 0 radical (unpaired) electrons. The van der Waals surface area contributed by atoms with Gasteiger partial charge in [-0.25, -0.2) is 4.79 Å². The van der Waals surface area contributed by atoms with Crippen LogP contribution in [0, 0.1) is 6.92 Å². The Morgan fingerprint density at radius 1 is 1.41 bits per heavy atom. The van der Waals surface area contributed by atoms with Gasteiger partial charge in [0.15, 0.2) is 0 Å². The number of rotatable bonds is 1. The fourth-order valence-electron chi connectivity index (χ4n) is 2.71. The Morgan fingerprint density at radius 3 is 3.06 bits per heavy atom. The molecule has 4 nitrogen and oxygen atoms in total. The van der Waals surface area contributed by atoms with Crippen LogP contribution in [-0.4, -0.2) is 22.6 Å². The highest BCUT2D eigenvalue weighted by Gasteiger charge is 2.19. The molecular weight excluding hydrogens is 214 g/mol. The number of piperidine rings is 1. The Hall–Kier alpha value is -1.55. The lowest BCUT2D eigenvalue weighted by Crippen LogP contribution is -2.35. The lowest BCUT2D eigenvalue weighted by molar-refractivity contribution is 0.372. The maximum absolute atomic E-state index is 12.1. The molecule has 0 amide bonds. The zero-order valence-corrected chi connectivity index (χ0v) is 9.99. The molecular formula is C13H17N3O. The highest BCUT2D eigenvalue weighted by Crippen LogP contribution is 2.21. The van der Waals surface area contributed by atoms with Crippen LogP contribution in [0.5, 0.6) is 0 Å². The highest BCUT2D eigenvalue weighted by atomic mass is 16.1. The molecule has 1 aliphatic rings. The smallest absolute Gasteiger partial charge is 0.315 e. The summed E-state index contributed by atoms with van der Waals surface area (Å²) in [5, 5.41) is 3.36. The van der Waals surface area contributed by atoms with E-state index < -0.39 is 0 Å². The minimum absolute atomic E-state index is 0.0167. The number of benzene rings is 1. The zero-order valence-electron chi connectivity index (χ0n) is 9.99. The van der Waals surface area contributed by atoms with E-state index in [9.17, 15) is 4.79 Å². The van der Waals surface area contributed by atoms with Crippen LogP contribution in [0.25, 0.3) is 11.0 Å². The zero-order chi connectivity index (χ0) is 11.8. The van der Waals surface area contributed by atoms with Crippen molar-refractivity contribution in [2.24, 2.45) is 0 Å². The van der Waals surface area contributed by atoms with Crippen molar-refractivity contribution < 1.29 is 0 Å². The van der Waals surface area contributed by atoms with Crippen molar-refractivity contribution in [3.63, 3.8) is 0 Å². The Morgan fingerprint density at radius 2 is 2.29 bits per heavy atom. The molecule has 1 fully saturated rings. The van der Waals surface area contributed by atoms with Gasteiger partial charge >= 0.3 is 5.69 Å². The molecule has 2 aromatic rings. The SMILES string of the molecule is Cc1cccc2c1[nH]c(=O)n2C1CCCNC1. The van der Waals surface area contributed by atoms with Crippen molar-refractivity contribution in [1.82, 2.24) is 14.9 Å². The van der Waals surface area contributed by atoms with E-state index in [2.05, 4.69) is 10.3 Å². The number of aromatic amines is 1. The summed E-state index contributed by atoms with van der Waals surface area (Å²) in [6.45, 7) is 3.98. The van der Waals surface area contributed by atoms with Crippen LogP contribution in [0.2, 0.25) is 0 Å². The Labute approximate surface area is 99.6 Å². The van der Waals surface area contributed by atoms with Crippen molar-refractivity contribution in [2.75, 3.05) is 13.1 Å². The minimum atomic E-state index is 0.0167. The summed E-state index contributed by atoms with van der Waals surface area (Å²) in [7, 11) is 0. The molecule has 0 saturated carbocycles. The third-order valence-electron chi connectivity index (χ3n) is 3.60. The van der Waals surface area contributed by atoms with Gasteiger partial charge in [-0.3, -0.25) is 4.57 Å². The summed E-state index contributed by atoms with van der Waals surface area (Å²) in [5.41, 5.74) is 3.15. The third-order valence-corrected chi connectivity index (χ3v) is 3.60. The maximum atomic E-state index is 12.1. The van der Waals surface area contributed by atoms with Gasteiger partial charge < -0.3 is 10.3 Å². The first-order chi connectivity index (χ1) is 8.27. The van der Waals surface area contributed by atoms with E-state index in [0.717, 1.165) is 42.5 Å². The number of fused-ring (bicyclic) bond motifs is 1. The van der Waals surface area contributed by atoms with E-state index in [4.69, 9.17) is 0 Å². The van der Waals surface area contributed by atoms with E-state index in [0.29, 0.717) is 0 Å². The molecule has 1 aliphatic heterocycles. The molecule has 0 bridgehead atoms. The molecule has 1 saturated heterocycles. The molecule has 2 N–H and O–H groups in total. The fraction of sp³-hybridized carbons (Fsp3) is 0.462. The Bertz CT molecular complexity index is 590. The number of hydrogen-bond donors (Lipinski definition) is 2. The number of para-hydroxylation sites is 1. The second-order valence-electron chi connectivity index (χ2n) is 4.77. The van der Waals surface area contributed by atoms with E-state index >= 15 is 0 Å². The summed E-state index contributed by atoms with van der Waals surface area (Å²) in [4.78, 5) is 15.0. The number of nitrogens with zero attached hydrogens (tertiary/aromatic N) is 1. The van der Waals surface area contributed by atoms with Crippen LogP contribution in [0.3, 0.4) is 0 Å². The number of H-pyrrole nitrogens is 1. The van der Waals surface area contributed by atoms with Gasteiger partial charge in [0.1, 0.15) is 0 Å². The van der Waals surface area contributed by atoms with Crippen molar-refractivity contribution in [2.45, 2.75) is 25.8 Å². The van der Waals surface area contributed by atoms with Crippen LogP contribution in [0.4, 0.5) is 0 Å². The average molecular weight is 231 g/mol. The summed E-state index contributed by atoms with van der Waals surface area (Å²) < 4.78 is 1.91.